The lowest BCUT2D eigenvalue weighted by Gasteiger charge is -2.05. The maximum atomic E-state index is 12.4. The van der Waals surface area contributed by atoms with E-state index < -0.39 is 12.6 Å². The van der Waals surface area contributed by atoms with Gasteiger partial charge in [0.1, 0.15) is 5.75 Å². The van der Waals surface area contributed by atoms with Crippen LogP contribution in [0.15, 0.2) is 71.8 Å². The van der Waals surface area contributed by atoms with Crippen LogP contribution in [0, 0.1) is 0 Å². The molecule has 0 radical (unpaired) electrons. The maximum absolute atomic E-state index is 12.4. The number of hydrogen-bond donors (Lipinski definition) is 2. The van der Waals surface area contributed by atoms with Crippen LogP contribution in [0.1, 0.15) is 15.9 Å². The van der Waals surface area contributed by atoms with Crippen molar-refractivity contribution in [3.8, 4) is 5.75 Å². The molecule has 0 atom stereocenters. The second kappa shape index (κ2) is 7.94. The molecule has 0 aliphatic carbocycles. The van der Waals surface area contributed by atoms with E-state index in [4.69, 9.17) is 9.84 Å². The van der Waals surface area contributed by atoms with Crippen molar-refractivity contribution in [1.29, 1.82) is 0 Å². The van der Waals surface area contributed by atoms with Crippen molar-refractivity contribution in [2.24, 2.45) is 5.10 Å². The third-order valence-corrected chi connectivity index (χ3v) is 3.63. The number of ether oxygens (including phenoxy) is 1. The SMILES string of the molecule is O=C(O)COc1cccc(/C=N\NC(=O)c2cccc3ccccc23)c1. The van der Waals surface area contributed by atoms with Gasteiger partial charge in [-0.1, -0.05) is 48.5 Å². The van der Waals surface area contributed by atoms with Crippen LogP contribution in [0.2, 0.25) is 0 Å². The molecule has 3 aromatic carbocycles. The Balaban J connectivity index is 1.69. The van der Waals surface area contributed by atoms with Crippen LogP contribution in [-0.4, -0.2) is 29.8 Å². The fraction of sp³-hybridized carbons (Fsp3) is 0.0500. The summed E-state index contributed by atoms with van der Waals surface area (Å²) in [7, 11) is 0. The summed E-state index contributed by atoms with van der Waals surface area (Å²) < 4.78 is 5.10. The van der Waals surface area contributed by atoms with Gasteiger partial charge in [-0.25, -0.2) is 10.2 Å². The summed E-state index contributed by atoms with van der Waals surface area (Å²) in [6.45, 7) is -0.418. The molecule has 0 aliphatic rings. The minimum absolute atomic E-state index is 0.309. The van der Waals surface area contributed by atoms with Gasteiger partial charge in [0.25, 0.3) is 5.91 Å². The number of benzene rings is 3. The molecule has 0 aliphatic heterocycles. The molecule has 0 bridgehead atoms. The average Bonchev–Trinajstić information content (AvgIpc) is 2.66. The highest BCUT2D eigenvalue weighted by Gasteiger charge is 2.08. The van der Waals surface area contributed by atoms with Gasteiger partial charge in [-0.15, -0.1) is 0 Å². The van der Waals surface area contributed by atoms with Gasteiger partial charge in [-0.3, -0.25) is 4.79 Å². The van der Waals surface area contributed by atoms with Crippen LogP contribution >= 0.6 is 0 Å². The van der Waals surface area contributed by atoms with Crippen LogP contribution in [0.25, 0.3) is 10.8 Å². The number of rotatable bonds is 6. The van der Waals surface area contributed by atoms with Crippen molar-refractivity contribution < 1.29 is 19.4 Å². The van der Waals surface area contributed by atoms with Crippen LogP contribution < -0.4 is 10.2 Å². The van der Waals surface area contributed by atoms with Gasteiger partial charge in [-0.05, 0) is 34.5 Å². The molecular formula is C20H16N2O4. The van der Waals surface area contributed by atoms with E-state index in [2.05, 4.69) is 10.5 Å². The number of aliphatic carboxylic acids is 1. The Kier molecular flexibility index (Phi) is 5.24. The molecule has 130 valence electrons. The lowest BCUT2D eigenvalue weighted by molar-refractivity contribution is -0.139. The zero-order chi connectivity index (χ0) is 18.4. The summed E-state index contributed by atoms with van der Waals surface area (Å²) in [5.74, 6) is -0.945. The number of carboxylic acids is 1. The van der Waals surface area contributed by atoms with Gasteiger partial charge in [0.15, 0.2) is 6.61 Å². The monoisotopic (exact) mass is 348 g/mol. The van der Waals surface area contributed by atoms with Crippen molar-refractivity contribution in [3.05, 3.63) is 77.9 Å². The Labute approximate surface area is 149 Å². The molecule has 3 aromatic rings. The zero-order valence-electron chi connectivity index (χ0n) is 13.8. The molecule has 6 nitrogen and oxygen atoms in total. The normalized spacial score (nSPS) is 10.8. The van der Waals surface area contributed by atoms with Crippen LogP contribution in [0.3, 0.4) is 0 Å². The van der Waals surface area contributed by atoms with Gasteiger partial charge in [0.05, 0.1) is 6.21 Å². The molecule has 0 heterocycles. The predicted octanol–water partition coefficient (Wildman–Crippen LogP) is 3.07. The number of hydrazone groups is 1. The van der Waals surface area contributed by atoms with Gasteiger partial charge in [0.2, 0.25) is 0 Å². The fourth-order valence-electron chi connectivity index (χ4n) is 2.48. The lowest BCUT2D eigenvalue weighted by atomic mass is 10.0. The molecular weight excluding hydrogens is 332 g/mol. The summed E-state index contributed by atoms with van der Waals surface area (Å²) in [6.07, 6.45) is 1.47. The number of hydrogen-bond acceptors (Lipinski definition) is 4. The van der Waals surface area contributed by atoms with Gasteiger partial charge in [0, 0.05) is 5.56 Å². The number of carbonyl (C=O) groups is 2. The van der Waals surface area contributed by atoms with Crippen molar-refractivity contribution in [3.63, 3.8) is 0 Å². The summed E-state index contributed by atoms with van der Waals surface area (Å²) in [5.41, 5.74) is 3.72. The Morgan fingerprint density at radius 1 is 1.04 bits per heavy atom. The highest BCUT2D eigenvalue weighted by molar-refractivity contribution is 6.07. The van der Waals surface area contributed by atoms with Crippen molar-refractivity contribution in [1.82, 2.24) is 5.43 Å². The van der Waals surface area contributed by atoms with E-state index in [1.54, 1.807) is 30.3 Å². The van der Waals surface area contributed by atoms with E-state index in [1.165, 1.54) is 6.21 Å². The Morgan fingerprint density at radius 3 is 2.65 bits per heavy atom. The first-order chi connectivity index (χ1) is 12.6. The quantitative estimate of drug-likeness (QED) is 0.529. The predicted molar refractivity (Wildman–Crippen MR) is 98.6 cm³/mol. The molecule has 0 unspecified atom stereocenters. The summed E-state index contributed by atoms with van der Waals surface area (Å²) in [6, 6.07) is 19.9. The number of amides is 1. The molecule has 3 rings (SSSR count). The minimum atomic E-state index is -1.05. The Bertz CT molecular complexity index is 977. The summed E-state index contributed by atoms with van der Waals surface area (Å²) >= 11 is 0. The molecule has 0 saturated heterocycles. The zero-order valence-corrected chi connectivity index (χ0v) is 13.8. The Hall–Kier alpha value is -3.67. The minimum Gasteiger partial charge on any atom is -0.482 e. The van der Waals surface area contributed by atoms with Crippen molar-refractivity contribution in [2.45, 2.75) is 0 Å². The molecule has 6 heteroatoms. The first-order valence-corrected chi connectivity index (χ1v) is 7.89. The van der Waals surface area contributed by atoms with E-state index in [1.807, 2.05) is 36.4 Å². The molecule has 2 N–H and O–H groups in total. The molecule has 0 fully saturated rings. The smallest absolute Gasteiger partial charge is 0.341 e. The number of fused-ring (bicyclic) bond motifs is 1. The van der Waals surface area contributed by atoms with Gasteiger partial charge < -0.3 is 9.84 Å². The second-order valence-electron chi connectivity index (χ2n) is 5.48. The molecule has 0 aromatic heterocycles. The standard InChI is InChI=1S/C20H16N2O4/c23-19(24)13-26-16-8-3-5-14(11-16)12-21-22-20(25)18-10-4-7-15-6-1-2-9-17(15)18/h1-12H,13H2,(H,22,25)(H,23,24)/b21-12-. The first-order valence-electron chi connectivity index (χ1n) is 7.89. The van der Waals surface area contributed by atoms with Crippen LogP contribution in [0.5, 0.6) is 5.75 Å². The maximum Gasteiger partial charge on any atom is 0.341 e. The highest BCUT2D eigenvalue weighted by Crippen LogP contribution is 2.18. The van der Waals surface area contributed by atoms with Crippen molar-refractivity contribution >= 4 is 28.9 Å². The van der Waals surface area contributed by atoms with Crippen molar-refractivity contribution in [2.75, 3.05) is 6.61 Å². The molecule has 0 saturated carbocycles. The van der Waals surface area contributed by atoms with E-state index in [0.717, 1.165) is 10.8 Å². The number of carbonyl (C=O) groups excluding carboxylic acids is 1. The molecule has 1 amide bonds. The number of carboxylic acid groups (broad SMARTS) is 1. The second-order valence-corrected chi connectivity index (χ2v) is 5.48. The van der Waals surface area contributed by atoms with E-state index in [9.17, 15) is 9.59 Å². The van der Waals surface area contributed by atoms with Crippen LogP contribution in [0.4, 0.5) is 0 Å². The largest absolute Gasteiger partial charge is 0.482 e. The third kappa shape index (κ3) is 4.24. The first kappa shape index (κ1) is 17.2. The topological polar surface area (TPSA) is 88.0 Å². The number of nitrogens with zero attached hydrogens (tertiary/aromatic N) is 1. The van der Waals surface area contributed by atoms with E-state index >= 15 is 0 Å². The Morgan fingerprint density at radius 2 is 1.81 bits per heavy atom. The average molecular weight is 348 g/mol. The lowest BCUT2D eigenvalue weighted by Crippen LogP contribution is -2.17. The highest BCUT2D eigenvalue weighted by atomic mass is 16.5. The third-order valence-electron chi connectivity index (χ3n) is 3.63. The van der Waals surface area contributed by atoms with Crippen LogP contribution in [-0.2, 0) is 4.79 Å². The molecule has 0 spiro atoms. The summed E-state index contributed by atoms with van der Waals surface area (Å²) in [4.78, 5) is 22.9. The van der Waals surface area contributed by atoms with E-state index in [-0.39, 0.29) is 5.91 Å². The van der Waals surface area contributed by atoms with Gasteiger partial charge in [-0.2, -0.15) is 5.10 Å². The van der Waals surface area contributed by atoms with Gasteiger partial charge >= 0.3 is 5.97 Å². The number of nitrogens with one attached hydrogen (secondary N) is 1. The molecule has 26 heavy (non-hydrogen) atoms. The van der Waals surface area contributed by atoms with E-state index in [0.29, 0.717) is 16.9 Å². The fourth-order valence-corrected chi connectivity index (χ4v) is 2.48. The summed E-state index contributed by atoms with van der Waals surface area (Å²) in [5, 5.41) is 14.4.